The second-order valence-electron chi connectivity index (χ2n) is 4.61. The Kier molecular flexibility index (Phi) is 4.43. The van der Waals surface area contributed by atoms with Crippen LogP contribution in [0.3, 0.4) is 0 Å². The van der Waals surface area contributed by atoms with Gasteiger partial charge < -0.3 is 20.9 Å². The van der Waals surface area contributed by atoms with Crippen LogP contribution >= 0.6 is 0 Å². The first-order chi connectivity index (χ1) is 10.0. The van der Waals surface area contributed by atoms with Crippen molar-refractivity contribution in [2.75, 3.05) is 25.4 Å². The van der Waals surface area contributed by atoms with Crippen LogP contribution in [-0.2, 0) is 16.1 Å². The van der Waals surface area contributed by atoms with E-state index in [4.69, 9.17) is 11.5 Å². The van der Waals surface area contributed by atoms with Gasteiger partial charge in [0.15, 0.2) is 11.5 Å². The molecule has 0 radical (unpaired) electrons. The second-order valence-corrected chi connectivity index (χ2v) is 4.61. The molecule has 0 fully saturated rings. The number of fused-ring (bicyclic) bond motifs is 1. The minimum absolute atomic E-state index is 0.0141. The van der Waals surface area contributed by atoms with Crippen molar-refractivity contribution < 1.29 is 9.59 Å². The van der Waals surface area contributed by atoms with Gasteiger partial charge in [0, 0.05) is 13.1 Å². The van der Waals surface area contributed by atoms with Gasteiger partial charge in [-0.1, -0.05) is 0 Å². The van der Waals surface area contributed by atoms with Gasteiger partial charge in [0.05, 0.1) is 12.9 Å². The second kappa shape index (κ2) is 6.27. The Bertz CT molecular complexity index is 667. The van der Waals surface area contributed by atoms with Crippen LogP contribution in [-0.4, -0.2) is 55.7 Å². The van der Waals surface area contributed by atoms with Crippen molar-refractivity contribution in [1.29, 1.82) is 0 Å². The largest absolute Gasteiger partial charge is 0.382 e. The number of ketones is 1. The summed E-state index contributed by atoms with van der Waals surface area (Å²) in [6.45, 7) is 2.10. The van der Waals surface area contributed by atoms with Gasteiger partial charge >= 0.3 is 0 Å². The first kappa shape index (κ1) is 14.9. The number of aromatic nitrogens is 4. The van der Waals surface area contributed by atoms with Crippen LogP contribution in [0.5, 0.6) is 0 Å². The number of hydrogen-bond donors (Lipinski definition) is 2. The average molecular weight is 291 g/mol. The molecule has 112 valence electrons. The number of carbonyl (C=O) groups excluding carboxylic acids is 2. The van der Waals surface area contributed by atoms with Crippen molar-refractivity contribution in [2.24, 2.45) is 5.73 Å². The molecule has 0 unspecified atom stereocenters. The van der Waals surface area contributed by atoms with E-state index in [1.807, 2.05) is 0 Å². The van der Waals surface area contributed by atoms with Crippen LogP contribution in [0.15, 0.2) is 12.7 Å². The molecule has 9 nitrogen and oxygen atoms in total. The van der Waals surface area contributed by atoms with Crippen molar-refractivity contribution in [2.45, 2.75) is 13.5 Å². The summed E-state index contributed by atoms with van der Waals surface area (Å²) in [6, 6.07) is 0. The van der Waals surface area contributed by atoms with Gasteiger partial charge in [-0.25, -0.2) is 15.0 Å². The maximum Gasteiger partial charge on any atom is 0.243 e. The molecule has 1 amide bonds. The van der Waals surface area contributed by atoms with Crippen LogP contribution in [0.25, 0.3) is 11.2 Å². The molecule has 0 aliphatic carbocycles. The fraction of sp³-hybridized carbons (Fsp3) is 0.417. The molecule has 9 heteroatoms. The Balaban J connectivity index is 2.20. The minimum Gasteiger partial charge on any atom is -0.382 e. The molecule has 0 saturated heterocycles. The standard InChI is InChI=1S/C12H17N7O2/c1-8(20)4-18(3-2-13)9(21)5-19-7-17-10-11(14)15-6-16-12(10)19/h6-7H,2-5,13H2,1H3,(H2,14,15,16). The number of carbonyl (C=O) groups is 2. The molecule has 0 aromatic carbocycles. The van der Waals surface area contributed by atoms with Gasteiger partial charge in [-0.2, -0.15) is 0 Å². The van der Waals surface area contributed by atoms with E-state index in [0.29, 0.717) is 24.3 Å². The highest BCUT2D eigenvalue weighted by Crippen LogP contribution is 2.14. The molecule has 21 heavy (non-hydrogen) atoms. The number of hydrogen-bond acceptors (Lipinski definition) is 7. The highest BCUT2D eigenvalue weighted by atomic mass is 16.2. The molecular weight excluding hydrogens is 274 g/mol. The van der Waals surface area contributed by atoms with Crippen LogP contribution in [0, 0.1) is 0 Å². The zero-order valence-corrected chi connectivity index (χ0v) is 11.7. The van der Waals surface area contributed by atoms with E-state index in [9.17, 15) is 9.59 Å². The Morgan fingerprint density at radius 3 is 2.76 bits per heavy atom. The quantitative estimate of drug-likeness (QED) is 0.681. The molecule has 0 saturated carbocycles. The predicted molar refractivity (Wildman–Crippen MR) is 76.1 cm³/mol. The Labute approximate surface area is 121 Å². The van der Waals surface area contributed by atoms with Crippen LogP contribution in [0.4, 0.5) is 5.82 Å². The van der Waals surface area contributed by atoms with Gasteiger partial charge in [-0.3, -0.25) is 9.59 Å². The highest BCUT2D eigenvalue weighted by molar-refractivity contribution is 5.86. The lowest BCUT2D eigenvalue weighted by molar-refractivity contribution is -0.135. The Morgan fingerprint density at radius 1 is 1.33 bits per heavy atom. The summed E-state index contributed by atoms with van der Waals surface area (Å²) in [6.07, 6.45) is 2.79. The molecule has 2 aromatic rings. The maximum atomic E-state index is 12.3. The summed E-state index contributed by atoms with van der Waals surface area (Å²) in [7, 11) is 0. The summed E-state index contributed by atoms with van der Waals surface area (Å²) in [5.41, 5.74) is 12.1. The van der Waals surface area contributed by atoms with Gasteiger partial charge in [0.2, 0.25) is 5.91 Å². The monoisotopic (exact) mass is 291 g/mol. The molecule has 2 aromatic heterocycles. The van der Waals surface area contributed by atoms with E-state index < -0.39 is 0 Å². The number of amides is 1. The summed E-state index contributed by atoms with van der Waals surface area (Å²) >= 11 is 0. The van der Waals surface area contributed by atoms with Crippen LogP contribution < -0.4 is 11.5 Å². The molecule has 2 rings (SSSR count). The maximum absolute atomic E-state index is 12.3. The zero-order valence-electron chi connectivity index (χ0n) is 11.7. The zero-order chi connectivity index (χ0) is 15.4. The topological polar surface area (TPSA) is 133 Å². The lowest BCUT2D eigenvalue weighted by Crippen LogP contribution is -2.40. The predicted octanol–water partition coefficient (Wildman–Crippen LogP) is -1.22. The summed E-state index contributed by atoms with van der Waals surface area (Å²) in [5, 5.41) is 0. The molecule has 0 aliphatic heterocycles. The van der Waals surface area contributed by atoms with E-state index in [1.165, 1.54) is 24.5 Å². The SMILES string of the molecule is CC(=O)CN(CCN)C(=O)Cn1cnc2c(N)ncnc21. The van der Waals surface area contributed by atoms with Crippen molar-refractivity contribution in [1.82, 2.24) is 24.4 Å². The van der Waals surface area contributed by atoms with E-state index in [2.05, 4.69) is 15.0 Å². The third-order valence-electron chi connectivity index (χ3n) is 2.90. The fourth-order valence-electron chi connectivity index (χ4n) is 1.98. The molecule has 4 N–H and O–H groups in total. The summed E-state index contributed by atoms with van der Waals surface area (Å²) in [5.74, 6) is -0.0697. The molecular formula is C12H17N7O2. The number of Topliss-reactive ketones (excluding diaryl/α,β-unsaturated/α-hetero) is 1. The number of imidazole rings is 1. The number of rotatable bonds is 6. The van der Waals surface area contributed by atoms with Gasteiger partial charge in [-0.05, 0) is 6.92 Å². The summed E-state index contributed by atoms with van der Waals surface area (Å²) in [4.78, 5) is 36.9. The van der Waals surface area contributed by atoms with Crippen molar-refractivity contribution in [3.8, 4) is 0 Å². The lowest BCUT2D eigenvalue weighted by Gasteiger charge is -2.20. The van der Waals surface area contributed by atoms with Crippen molar-refractivity contribution in [3.05, 3.63) is 12.7 Å². The van der Waals surface area contributed by atoms with E-state index >= 15 is 0 Å². The number of nitrogens with zero attached hydrogens (tertiary/aromatic N) is 5. The molecule has 0 atom stereocenters. The first-order valence-electron chi connectivity index (χ1n) is 6.41. The lowest BCUT2D eigenvalue weighted by atomic mass is 10.3. The highest BCUT2D eigenvalue weighted by Gasteiger charge is 2.17. The Hall–Kier alpha value is -2.55. The minimum atomic E-state index is -0.230. The van der Waals surface area contributed by atoms with Crippen molar-refractivity contribution >= 4 is 28.7 Å². The number of anilines is 1. The number of nitrogens with two attached hydrogens (primary N) is 2. The molecule has 0 aliphatic rings. The molecule has 2 heterocycles. The van der Waals surface area contributed by atoms with E-state index in [0.717, 1.165) is 0 Å². The van der Waals surface area contributed by atoms with Gasteiger partial charge in [0.1, 0.15) is 24.2 Å². The summed E-state index contributed by atoms with van der Waals surface area (Å²) < 4.78 is 1.57. The van der Waals surface area contributed by atoms with E-state index in [-0.39, 0.29) is 30.6 Å². The molecule has 0 spiro atoms. The Morgan fingerprint density at radius 2 is 2.10 bits per heavy atom. The third kappa shape index (κ3) is 3.31. The number of nitrogen functional groups attached to an aromatic ring is 1. The normalized spacial score (nSPS) is 10.8. The van der Waals surface area contributed by atoms with Gasteiger partial charge in [-0.15, -0.1) is 0 Å². The third-order valence-corrected chi connectivity index (χ3v) is 2.90. The van der Waals surface area contributed by atoms with Crippen molar-refractivity contribution in [3.63, 3.8) is 0 Å². The smallest absolute Gasteiger partial charge is 0.243 e. The fourth-order valence-corrected chi connectivity index (χ4v) is 1.98. The average Bonchev–Trinajstić information content (AvgIpc) is 2.82. The van der Waals surface area contributed by atoms with Gasteiger partial charge in [0.25, 0.3) is 0 Å². The molecule has 0 bridgehead atoms. The van der Waals surface area contributed by atoms with Crippen LogP contribution in [0.2, 0.25) is 0 Å². The van der Waals surface area contributed by atoms with E-state index in [1.54, 1.807) is 4.57 Å². The first-order valence-corrected chi connectivity index (χ1v) is 6.41. The van der Waals surface area contributed by atoms with Crippen LogP contribution in [0.1, 0.15) is 6.92 Å².